The first-order chi connectivity index (χ1) is 6.04. The second-order valence-corrected chi connectivity index (χ2v) is 3.92. The Morgan fingerprint density at radius 2 is 1.92 bits per heavy atom. The quantitative estimate of drug-likeness (QED) is 0.699. The first-order valence-electron chi connectivity index (χ1n) is 4.49. The van der Waals surface area contributed by atoms with E-state index in [4.69, 9.17) is 4.74 Å². The van der Waals surface area contributed by atoms with Gasteiger partial charge in [0.2, 0.25) is 5.88 Å². The summed E-state index contributed by atoms with van der Waals surface area (Å²) in [7, 11) is 0. The average molecular weight is 180 g/mol. The molecular formula is C10H16N2O. The Kier molecular flexibility index (Phi) is 2.86. The summed E-state index contributed by atoms with van der Waals surface area (Å²) < 4.78 is 5.20. The first kappa shape index (κ1) is 9.96. The van der Waals surface area contributed by atoms with Crippen LogP contribution in [0.5, 0.6) is 5.88 Å². The molecule has 13 heavy (non-hydrogen) atoms. The van der Waals surface area contributed by atoms with Crippen LogP contribution in [0.15, 0.2) is 12.4 Å². The summed E-state index contributed by atoms with van der Waals surface area (Å²) in [6.07, 6.45) is 3.44. The topological polar surface area (TPSA) is 35.0 Å². The van der Waals surface area contributed by atoms with Gasteiger partial charge in [0, 0.05) is 5.41 Å². The smallest absolute Gasteiger partial charge is 0.232 e. The number of ether oxygens (including phenoxy) is 1. The molecule has 0 fully saturated rings. The van der Waals surface area contributed by atoms with Crippen molar-refractivity contribution in [1.82, 2.24) is 9.97 Å². The van der Waals surface area contributed by atoms with Gasteiger partial charge in [-0.2, -0.15) is 0 Å². The fourth-order valence-electron chi connectivity index (χ4n) is 0.926. The SMILES string of the molecule is CCOc1cnc(C(C)(C)C)cn1. The monoisotopic (exact) mass is 180 g/mol. The number of hydrogen-bond donors (Lipinski definition) is 0. The molecule has 0 spiro atoms. The van der Waals surface area contributed by atoms with Crippen LogP contribution in [0.25, 0.3) is 0 Å². The molecule has 0 saturated carbocycles. The minimum Gasteiger partial charge on any atom is -0.477 e. The number of nitrogens with zero attached hydrogens (tertiary/aromatic N) is 2. The van der Waals surface area contributed by atoms with E-state index >= 15 is 0 Å². The lowest BCUT2D eigenvalue weighted by Crippen LogP contribution is -2.13. The van der Waals surface area contributed by atoms with Crippen LogP contribution in [-0.2, 0) is 5.41 Å². The van der Waals surface area contributed by atoms with Gasteiger partial charge in [-0.25, -0.2) is 4.98 Å². The van der Waals surface area contributed by atoms with E-state index in [9.17, 15) is 0 Å². The third-order valence-electron chi connectivity index (χ3n) is 1.69. The Morgan fingerprint density at radius 1 is 1.23 bits per heavy atom. The van der Waals surface area contributed by atoms with Gasteiger partial charge in [0.1, 0.15) is 0 Å². The lowest BCUT2D eigenvalue weighted by molar-refractivity contribution is 0.324. The molecule has 0 aliphatic carbocycles. The van der Waals surface area contributed by atoms with Crippen molar-refractivity contribution < 1.29 is 4.74 Å². The minimum absolute atomic E-state index is 0.0533. The van der Waals surface area contributed by atoms with Crippen LogP contribution in [0.4, 0.5) is 0 Å². The van der Waals surface area contributed by atoms with E-state index in [-0.39, 0.29) is 5.41 Å². The molecule has 1 aromatic heterocycles. The standard InChI is InChI=1S/C10H16N2O/c1-5-13-9-7-11-8(6-12-9)10(2,3)4/h6-7H,5H2,1-4H3. The highest BCUT2D eigenvalue weighted by Gasteiger charge is 2.15. The van der Waals surface area contributed by atoms with Crippen molar-refractivity contribution >= 4 is 0 Å². The lowest BCUT2D eigenvalue weighted by Gasteiger charge is -2.16. The van der Waals surface area contributed by atoms with Crippen molar-refractivity contribution in [3.05, 3.63) is 18.1 Å². The molecule has 0 aromatic carbocycles. The zero-order valence-electron chi connectivity index (χ0n) is 8.66. The molecule has 0 N–H and O–H groups in total. The fraction of sp³-hybridized carbons (Fsp3) is 0.600. The maximum Gasteiger partial charge on any atom is 0.232 e. The summed E-state index contributed by atoms with van der Waals surface area (Å²) in [5, 5.41) is 0. The molecule has 1 heterocycles. The summed E-state index contributed by atoms with van der Waals surface area (Å²) >= 11 is 0. The predicted octanol–water partition coefficient (Wildman–Crippen LogP) is 2.17. The van der Waals surface area contributed by atoms with Gasteiger partial charge in [0.25, 0.3) is 0 Å². The molecule has 3 heteroatoms. The summed E-state index contributed by atoms with van der Waals surface area (Å²) in [4.78, 5) is 8.43. The van der Waals surface area contributed by atoms with Gasteiger partial charge in [-0.15, -0.1) is 0 Å². The number of rotatable bonds is 2. The maximum absolute atomic E-state index is 5.20. The van der Waals surface area contributed by atoms with Gasteiger partial charge in [-0.05, 0) is 6.92 Å². The van der Waals surface area contributed by atoms with Crippen LogP contribution in [-0.4, -0.2) is 16.6 Å². The van der Waals surface area contributed by atoms with Crippen LogP contribution >= 0.6 is 0 Å². The van der Waals surface area contributed by atoms with Crippen molar-refractivity contribution in [2.45, 2.75) is 33.1 Å². The molecule has 0 bridgehead atoms. The predicted molar refractivity (Wildman–Crippen MR) is 51.9 cm³/mol. The van der Waals surface area contributed by atoms with Crippen LogP contribution in [0.2, 0.25) is 0 Å². The van der Waals surface area contributed by atoms with Crippen molar-refractivity contribution in [2.24, 2.45) is 0 Å². The molecular weight excluding hydrogens is 164 g/mol. The molecule has 0 saturated heterocycles. The zero-order chi connectivity index (χ0) is 9.90. The minimum atomic E-state index is 0.0533. The maximum atomic E-state index is 5.20. The van der Waals surface area contributed by atoms with Gasteiger partial charge in [0.15, 0.2) is 0 Å². The van der Waals surface area contributed by atoms with Gasteiger partial charge in [0.05, 0.1) is 24.7 Å². The summed E-state index contributed by atoms with van der Waals surface area (Å²) in [6, 6.07) is 0. The highest BCUT2D eigenvalue weighted by Crippen LogP contribution is 2.19. The van der Waals surface area contributed by atoms with E-state index in [2.05, 4.69) is 30.7 Å². The van der Waals surface area contributed by atoms with Gasteiger partial charge >= 0.3 is 0 Å². The Hall–Kier alpha value is -1.12. The Bertz CT molecular complexity index is 261. The number of aromatic nitrogens is 2. The van der Waals surface area contributed by atoms with Crippen LogP contribution in [0, 0.1) is 0 Å². The highest BCUT2D eigenvalue weighted by atomic mass is 16.5. The average Bonchev–Trinajstić information content (AvgIpc) is 2.04. The van der Waals surface area contributed by atoms with Crippen LogP contribution in [0.1, 0.15) is 33.4 Å². The summed E-state index contributed by atoms with van der Waals surface area (Å²) in [5.74, 6) is 0.593. The largest absolute Gasteiger partial charge is 0.477 e. The van der Waals surface area contributed by atoms with Crippen molar-refractivity contribution in [2.75, 3.05) is 6.61 Å². The summed E-state index contributed by atoms with van der Waals surface area (Å²) in [5.41, 5.74) is 1.04. The third-order valence-corrected chi connectivity index (χ3v) is 1.69. The molecule has 1 rings (SSSR count). The van der Waals surface area contributed by atoms with E-state index in [1.807, 2.05) is 6.92 Å². The first-order valence-corrected chi connectivity index (χ1v) is 4.49. The van der Waals surface area contributed by atoms with E-state index < -0.39 is 0 Å². The van der Waals surface area contributed by atoms with E-state index in [1.54, 1.807) is 12.4 Å². The number of hydrogen-bond acceptors (Lipinski definition) is 3. The molecule has 0 atom stereocenters. The Morgan fingerprint density at radius 3 is 2.31 bits per heavy atom. The summed E-state index contributed by atoms with van der Waals surface area (Å²) in [6.45, 7) is 8.88. The molecule has 0 unspecified atom stereocenters. The van der Waals surface area contributed by atoms with Crippen LogP contribution in [0.3, 0.4) is 0 Å². The molecule has 0 aliphatic rings. The third kappa shape index (κ3) is 2.68. The molecule has 1 aromatic rings. The van der Waals surface area contributed by atoms with Gasteiger partial charge < -0.3 is 4.74 Å². The molecule has 0 aliphatic heterocycles. The lowest BCUT2D eigenvalue weighted by atomic mass is 9.93. The van der Waals surface area contributed by atoms with Crippen LogP contribution < -0.4 is 4.74 Å². The van der Waals surface area contributed by atoms with Gasteiger partial charge in [-0.3, -0.25) is 4.98 Å². The van der Waals surface area contributed by atoms with E-state index in [0.29, 0.717) is 12.5 Å². The molecule has 3 nitrogen and oxygen atoms in total. The van der Waals surface area contributed by atoms with Gasteiger partial charge in [-0.1, -0.05) is 20.8 Å². The van der Waals surface area contributed by atoms with E-state index in [0.717, 1.165) is 5.69 Å². The fourth-order valence-corrected chi connectivity index (χ4v) is 0.926. The van der Waals surface area contributed by atoms with Crippen molar-refractivity contribution in [3.63, 3.8) is 0 Å². The second-order valence-electron chi connectivity index (χ2n) is 3.92. The molecule has 0 radical (unpaired) electrons. The van der Waals surface area contributed by atoms with Crippen molar-refractivity contribution in [1.29, 1.82) is 0 Å². The Balaban J connectivity index is 2.81. The molecule has 72 valence electrons. The Labute approximate surface area is 79.2 Å². The normalized spacial score (nSPS) is 11.4. The van der Waals surface area contributed by atoms with Crippen molar-refractivity contribution in [3.8, 4) is 5.88 Å². The molecule has 0 amide bonds. The second kappa shape index (κ2) is 3.73. The highest BCUT2D eigenvalue weighted by molar-refractivity contribution is 5.13. The van der Waals surface area contributed by atoms with E-state index in [1.165, 1.54) is 0 Å². The zero-order valence-corrected chi connectivity index (χ0v) is 8.66.